The molecule has 0 aliphatic rings. The van der Waals surface area contributed by atoms with Crippen molar-refractivity contribution in [3.63, 3.8) is 0 Å². The summed E-state index contributed by atoms with van der Waals surface area (Å²) in [7, 11) is 1.97. The molecule has 2 rings (SSSR count). The normalized spacial score (nSPS) is 10.4. The highest BCUT2D eigenvalue weighted by atomic mass is 127. The van der Waals surface area contributed by atoms with Gasteiger partial charge in [0.1, 0.15) is 0 Å². The number of hydrogen-bond acceptors (Lipinski definition) is 1. The standard InChI is InChI=1S/C14H15IN2O/c1-9-8-11(10(2)17(9)3)14(18)16-13-7-5-4-6-12(13)15/h4-8H,1-3H3,(H,16,18). The van der Waals surface area contributed by atoms with E-state index in [4.69, 9.17) is 0 Å². The number of aryl methyl sites for hydroxylation is 1. The van der Waals surface area contributed by atoms with E-state index in [1.54, 1.807) is 0 Å². The number of amides is 1. The lowest BCUT2D eigenvalue weighted by molar-refractivity contribution is 0.102. The highest BCUT2D eigenvalue weighted by molar-refractivity contribution is 14.1. The zero-order valence-electron chi connectivity index (χ0n) is 10.6. The Labute approximate surface area is 120 Å². The molecule has 1 N–H and O–H groups in total. The minimum Gasteiger partial charge on any atom is -0.351 e. The maximum Gasteiger partial charge on any atom is 0.257 e. The SMILES string of the molecule is Cc1cc(C(=O)Nc2ccccc2I)c(C)n1C. The molecule has 0 unspecified atom stereocenters. The van der Waals surface area contributed by atoms with Crippen LogP contribution < -0.4 is 5.32 Å². The summed E-state index contributed by atoms with van der Waals surface area (Å²) >= 11 is 2.21. The maximum absolute atomic E-state index is 12.2. The van der Waals surface area contributed by atoms with Crippen LogP contribution in [-0.2, 0) is 7.05 Å². The monoisotopic (exact) mass is 354 g/mol. The molecule has 0 saturated heterocycles. The van der Waals surface area contributed by atoms with Crippen molar-refractivity contribution in [2.24, 2.45) is 7.05 Å². The van der Waals surface area contributed by atoms with E-state index in [0.29, 0.717) is 0 Å². The minimum atomic E-state index is -0.0553. The zero-order valence-corrected chi connectivity index (χ0v) is 12.8. The Kier molecular flexibility index (Phi) is 3.75. The second kappa shape index (κ2) is 5.14. The molecule has 1 amide bonds. The molecule has 2 aromatic rings. The molecule has 0 bridgehead atoms. The first-order chi connectivity index (χ1) is 8.50. The van der Waals surface area contributed by atoms with E-state index in [9.17, 15) is 4.79 Å². The second-order valence-electron chi connectivity index (χ2n) is 4.28. The van der Waals surface area contributed by atoms with E-state index in [1.165, 1.54) is 0 Å². The van der Waals surface area contributed by atoms with E-state index in [0.717, 1.165) is 26.2 Å². The average Bonchev–Trinajstić information content (AvgIpc) is 2.60. The highest BCUT2D eigenvalue weighted by Crippen LogP contribution is 2.20. The summed E-state index contributed by atoms with van der Waals surface area (Å²) in [5.74, 6) is -0.0553. The van der Waals surface area contributed by atoms with Crippen LogP contribution in [-0.4, -0.2) is 10.5 Å². The van der Waals surface area contributed by atoms with Gasteiger partial charge in [-0.25, -0.2) is 0 Å². The molecule has 3 nitrogen and oxygen atoms in total. The van der Waals surface area contributed by atoms with Gasteiger partial charge in [-0.1, -0.05) is 12.1 Å². The number of hydrogen-bond donors (Lipinski definition) is 1. The molecule has 0 atom stereocenters. The number of nitrogens with zero attached hydrogens (tertiary/aromatic N) is 1. The molecule has 1 heterocycles. The molecule has 0 aliphatic heterocycles. The number of para-hydroxylation sites is 1. The van der Waals surface area contributed by atoms with Gasteiger partial charge in [-0.05, 0) is 54.6 Å². The number of anilines is 1. The van der Waals surface area contributed by atoms with Gasteiger partial charge in [-0.2, -0.15) is 0 Å². The van der Waals surface area contributed by atoms with E-state index < -0.39 is 0 Å². The number of nitrogens with one attached hydrogen (secondary N) is 1. The van der Waals surface area contributed by atoms with Crippen molar-refractivity contribution in [1.29, 1.82) is 0 Å². The quantitative estimate of drug-likeness (QED) is 0.823. The Morgan fingerprint density at radius 2 is 1.94 bits per heavy atom. The fraction of sp³-hybridized carbons (Fsp3) is 0.214. The Balaban J connectivity index is 2.28. The van der Waals surface area contributed by atoms with Gasteiger partial charge in [-0.15, -0.1) is 0 Å². The fourth-order valence-corrected chi connectivity index (χ4v) is 2.36. The van der Waals surface area contributed by atoms with Gasteiger partial charge in [0.05, 0.1) is 11.3 Å². The lowest BCUT2D eigenvalue weighted by Crippen LogP contribution is -2.13. The Hall–Kier alpha value is -1.30. The zero-order chi connectivity index (χ0) is 13.3. The number of carbonyl (C=O) groups is 1. The van der Waals surface area contributed by atoms with Crippen molar-refractivity contribution < 1.29 is 4.79 Å². The van der Waals surface area contributed by atoms with E-state index in [2.05, 4.69) is 27.9 Å². The molecule has 94 valence electrons. The topological polar surface area (TPSA) is 34.0 Å². The average molecular weight is 354 g/mol. The van der Waals surface area contributed by atoms with Crippen LogP contribution in [0.4, 0.5) is 5.69 Å². The van der Waals surface area contributed by atoms with Gasteiger partial charge >= 0.3 is 0 Å². The molecule has 4 heteroatoms. The van der Waals surface area contributed by atoms with Gasteiger partial charge in [-0.3, -0.25) is 4.79 Å². The Morgan fingerprint density at radius 1 is 1.28 bits per heavy atom. The lowest BCUT2D eigenvalue weighted by Gasteiger charge is -2.07. The van der Waals surface area contributed by atoms with Crippen molar-refractivity contribution in [3.05, 3.63) is 50.9 Å². The summed E-state index contributed by atoms with van der Waals surface area (Å²) in [5, 5.41) is 2.95. The highest BCUT2D eigenvalue weighted by Gasteiger charge is 2.14. The molecule has 0 radical (unpaired) electrons. The van der Waals surface area contributed by atoms with Crippen molar-refractivity contribution in [2.45, 2.75) is 13.8 Å². The van der Waals surface area contributed by atoms with Gasteiger partial charge < -0.3 is 9.88 Å². The van der Waals surface area contributed by atoms with Crippen LogP contribution in [0.2, 0.25) is 0 Å². The Morgan fingerprint density at radius 3 is 2.50 bits per heavy atom. The fourth-order valence-electron chi connectivity index (χ4n) is 1.84. The Bertz CT molecular complexity index is 602. The maximum atomic E-state index is 12.2. The van der Waals surface area contributed by atoms with Crippen LogP contribution >= 0.6 is 22.6 Å². The van der Waals surface area contributed by atoms with E-state index >= 15 is 0 Å². The van der Waals surface area contributed by atoms with Crippen molar-refractivity contribution in [3.8, 4) is 0 Å². The number of benzene rings is 1. The third-order valence-corrected chi connectivity index (χ3v) is 4.08. The molecule has 1 aromatic carbocycles. The third kappa shape index (κ3) is 2.43. The van der Waals surface area contributed by atoms with Crippen LogP contribution in [0.15, 0.2) is 30.3 Å². The van der Waals surface area contributed by atoms with Gasteiger partial charge in [0.25, 0.3) is 5.91 Å². The molecule has 0 spiro atoms. The smallest absolute Gasteiger partial charge is 0.257 e. The van der Waals surface area contributed by atoms with Crippen LogP contribution in [0, 0.1) is 17.4 Å². The first-order valence-corrected chi connectivity index (χ1v) is 6.77. The molecular weight excluding hydrogens is 339 g/mol. The predicted molar refractivity (Wildman–Crippen MR) is 82.0 cm³/mol. The number of carbonyl (C=O) groups excluding carboxylic acids is 1. The summed E-state index contributed by atoms with van der Waals surface area (Å²) in [6.07, 6.45) is 0. The van der Waals surface area contributed by atoms with Crippen LogP contribution in [0.5, 0.6) is 0 Å². The summed E-state index contributed by atoms with van der Waals surface area (Å²) < 4.78 is 3.05. The summed E-state index contributed by atoms with van der Waals surface area (Å²) in [6.45, 7) is 3.95. The van der Waals surface area contributed by atoms with E-state index in [-0.39, 0.29) is 5.91 Å². The number of halogens is 1. The van der Waals surface area contributed by atoms with Crippen LogP contribution in [0.25, 0.3) is 0 Å². The second-order valence-corrected chi connectivity index (χ2v) is 5.44. The van der Waals surface area contributed by atoms with Crippen molar-refractivity contribution in [2.75, 3.05) is 5.32 Å². The van der Waals surface area contributed by atoms with Gasteiger partial charge in [0, 0.05) is 22.0 Å². The molecule has 0 aliphatic carbocycles. The molecule has 1 aromatic heterocycles. The van der Waals surface area contributed by atoms with Gasteiger partial charge in [0.15, 0.2) is 0 Å². The van der Waals surface area contributed by atoms with E-state index in [1.807, 2.05) is 55.8 Å². The molecule has 0 saturated carbocycles. The summed E-state index contributed by atoms with van der Waals surface area (Å²) in [5.41, 5.74) is 3.65. The van der Waals surface area contributed by atoms with Crippen molar-refractivity contribution in [1.82, 2.24) is 4.57 Å². The molecule has 18 heavy (non-hydrogen) atoms. The minimum absolute atomic E-state index is 0.0553. The predicted octanol–water partition coefficient (Wildman–Crippen LogP) is 3.50. The first kappa shape index (κ1) is 13.1. The largest absolute Gasteiger partial charge is 0.351 e. The molecule has 0 fully saturated rings. The first-order valence-electron chi connectivity index (χ1n) is 5.69. The summed E-state index contributed by atoms with van der Waals surface area (Å²) in [4.78, 5) is 12.2. The number of rotatable bonds is 2. The van der Waals surface area contributed by atoms with Gasteiger partial charge in [0.2, 0.25) is 0 Å². The summed E-state index contributed by atoms with van der Waals surface area (Å²) in [6, 6.07) is 9.67. The van der Waals surface area contributed by atoms with Crippen molar-refractivity contribution >= 4 is 34.2 Å². The van der Waals surface area contributed by atoms with Crippen LogP contribution in [0.1, 0.15) is 21.7 Å². The van der Waals surface area contributed by atoms with Crippen LogP contribution in [0.3, 0.4) is 0 Å². The number of aromatic nitrogens is 1. The third-order valence-electron chi connectivity index (χ3n) is 3.14. The molecular formula is C14H15IN2O. The lowest BCUT2D eigenvalue weighted by atomic mass is 10.2.